The van der Waals surface area contributed by atoms with Crippen LogP contribution in [0.15, 0.2) is 0 Å². The Bertz CT molecular complexity index is 293. The fourth-order valence-electron chi connectivity index (χ4n) is 1.24. The zero-order chi connectivity index (χ0) is 13.5. The highest BCUT2D eigenvalue weighted by atomic mass is 16.5. The third-order valence-electron chi connectivity index (χ3n) is 2.70. The lowest BCUT2D eigenvalue weighted by Gasteiger charge is -2.18. The number of aliphatic hydroxyl groups excluding tert-OH is 1. The molecule has 3 N–H and O–H groups in total. The zero-order valence-electron chi connectivity index (χ0n) is 10.5. The van der Waals surface area contributed by atoms with Crippen molar-refractivity contribution < 1.29 is 24.5 Å². The molecule has 1 rings (SSSR count). The van der Waals surface area contributed by atoms with Gasteiger partial charge in [-0.3, -0.25) is 0 Å². The summed E-state index contributed by atoms with van der Waals surface area (Å²) in [6.07, 6.45) is 0.876. The van der Waals surface area contributed by atoms with Crippen molar-refractivity contribution in [1.82, 2.24) is 10.2 Å². The lowest BCUT2D eigenvalue weighted by molar-refractivity contribution is -0.146. The summed E-state index contributed by atoms with van der Waals surface area (Å²) < 4.78 is 5.38. The lowest BCUT2D eigenvalue weighted by atomic mass is 10.3. The zero-order valence-corrected chi connectivity index (χ0v) is 10.5. The maximum atomic E-state index is 11.5. The van der Waals surface area contributed by atoms with Gasteiger partial charge in [0.25, 0.3) is 0 Å². The maximum Gasteiger partial charge on any atom is 0.334 e. The molecule has 104 valence electrons. The van der Waals surface area contributed by atoms with Gasteiger partial charge in [-0.25, -0.2) is 9.59 Å². The number of carboxylic acid groups (broad SMARTS) is 1. The monoisotopic (exact) mass is 260 g/mol. The van der Waals surface area contributed by atoms with Crippen molar-refractivity contribution in [1.29, 1.82) is 0 Å². The van der Waals surface area contributed by atoms with Crippen LogP contribution in [0.2, 0.25) is 0 Å². The summed E-state index contributed by atoms with van der Waals surface area (Å²) in [7, 11) is 1.59. The van der Waals surface area contributed by atoms with E-state index in [2.05, 4.69) is 5.32 Å². The second kappa shape index (κ2) is 7.17. The Kier molecular flexibility index (Phi) is 5.87. The Morgan fingerprint density at radius 1 is 1.50 bits per heavy atom. The molecular weight excluding hydrogens is 240 g/mol. The van der Waals surface area contributed by atoms with Gasteiger partial charge in [-0.1, -0.05) is 0 Å². The van der Waals surface area contributed by atoms with E-state index in [1.807, 2.05) is 0 Å². The molecule has 0 spiro atoms. The molecule has 2 amide bonds. The number of urea groups is 1. The first-order valence-corrected chi connectivity index (χ1v) is 5.98. The van der Waals surface area contributed by atoms with Gasteiger partial charge in [0, 0.05) is 20.2 Å². The van der Waals surface area contributed by atoms with Crippen LogP contribution in [0.4, 0.5) is 4.79 Å². The average molecular weight is 260 g/mol. The number of hydrogen-bond acceptors (Lipinski definition) is 4. The summed E-state index contributed by atoms with van der Waals surface area (Å²) in [5.41, 5.74) is 0. The van der Waals surface area contributed by atoms with E-state index in [0.717, 1.165) is 6.61 Å². The first-order chi connectivity index (χ1) is 8.50. The van der Waals surface area contributed by atoms with E-state index < -0.39 is 18.1 Å². The molecule has 0 aromatic rings. The van der Waals surface area contributed by atoms with Gasteiger partial charge in [-0.15, -0.1) is 0 Å². The van der Waals surface area contributed by atoms with Gasteiger partial charge in [0.1, 0.15) is 0 Å². The van der Waals surface area contributed by atoms with E-state index in [1.54, 1.807) is 7.05 Å². The molecule has 1 fully saturated rings. The number of nitrogens with zero attached hydrogens (tertiary/aromatic N) is 1. The molecule has 1 aliphatic rings. The quantitative estimate of drug-likeness (QED) is 0.511. The van der Waals surface area contributed by atoms with Crippen LogP contribution in [-0.2, 0) is 9.53 Å². The minimum Gasteiger partial charge on any atom is -0.479 e. The fraction of sp³-hybridized carbons (Fsp3) is 0.818. The molecule has 1 atom stereocenters. The summed E-state index contributed by atoms with van der Waals surface area (Å²) >= 11 is 0. The van der Waals surface area contributed by atoms with E-state index >= 15 is 0 Å². The molecule has 0 heterocycles. The van der Waals surface area contributed by atoms with Crippen LogP contribution in [0.5, 0.6) is 0 Å². The molecule has 1 aliphatic carbocycles. The largest absolute Gasteiger partial charge is 0.479 e. The summed E-state index contributed by atoms with van der Waals surface area (Å²) in [6.45, 7) is 1.33. The smallest absolute Gasteiger partial charge is 0.334 e. The van der Waals surface area contributed by atoms with Gasteiger partial charge >= 0.3 is 12.0 Å². The number of amides is 2. The van der Waals surface area contributed by atoms with Crippen molar-refractivity contribution in [2.75, 3.05) is 33.4 Å². The second-order valence-electron chi connectivity index (χ2n) is 4.48. The highest BCUT2D eigenvalue weighted by molar-refractivity contribution is 5.76. The highest BCUT2D eigenvalue weighted by Gasteiger charge is 2.21. The van der Waals surface area contributed by atoms with Gasteiger partial charge in [0.2, 0.25) is 0 Å². The highest BCUT2D eigenvalue weighted by Crippen LogP contribution is 2.28. The predicted molar refractivity (Wildman–Crippen MR) is 63.2 cm³/mol. The van der Waals surface area contributed by atoms with Gasteiger partial charge in [0.05, 0.1) is 13.2 Å². The van der Waals surface area contributed by atoms with Crippen LogP contribution >= 0.6 is 0 Å². The first-order valence-electron chi connectivity index (χ1n) is 5.98. The molecule has 18 heavy (non-hydrogen) atoms. The van der Waals surface area contributed by atoms with Crippen LogP contribution in [0.1, 0.15) is 12.8 Å². The van der Waals surface area contributed by atoms with Gasteiger partial charge in [-0.2, -0.15) is 0 Å². The minimum absolute atomic E-state index is 0.304. The van der Waals surface area contributed by atoms with Crippen LogP contribution in [0, 0.1) is 5.92 Å². The van der Waals surface area contributed by atoms with Crippen LogP contribution in [0.25, 0.3) is 0 Å². The molecule has 0 aromatic carbocycles. The third kappa shape index (κ3) is 5.83. The van der Waals surface area contributed by atoms with Gasteiger partial charge < -0.3 is 25.2 Å². The number of aliphatic hydroxyl groups is 1. The average Bonchev–Trinajstić information content (AvgIpc) is 3.14. The van der Waals surface area contributed by atoms with Gasteiger partial charge in [0.15, 0.2) is 6.10 Å². The fourth-order valence-corrected chi connectivity index (χ4v) is 1.24. The number of carbonyl (C=O) groups excluding carboxylic acids is 1. The van der Waals surface area contributed by atoms with Crippen molar-refractivity contribution in [2.24, 2.45) is 5.92 Å². The van der Waals surface area contributed by atoms with Crippen molar-refractivity contribution in [3.63, 3.8) is 0 Å². The Morgan fingerprint density at radius 3 is 2.72 bits per heavy atom. The van der Waals surface area contributed by atoms with E-state index in [4.69, 9.17) is 14.9 Å². The number of rotatable bonds is 8. The van der Waals surface area contributed by atoms with Crippen molar-refractivity contribution in [2.45, 2.75) is 18.9 Å². The molecule has 0 aliphatic heterocycles. The maximum absolute atomic E-state index is 11.5. The van der Waals surface area contributed by atoms with Crippen LogP contribution < -0.4 is 5.32 Å². The topological polar surface area (TPSA) is 99.1 Å². The summed E-state index contributed by atoms with van der Waals surface area (Å²) in [5.74, 6) is -0.666. The predicted octanol–water partition coefficient (Wildman–Crippen LogP) is -0.500. The van der Waals surface area contributed by atoms with E-state index in [-0.39, 0.29) is 6.54 Å². The molecule has 1 unspecified atom stereocenters. The SMILES string of the molecule is CN(CCOCC1CC1)C(=O)NCC(O)C(=O)O. The van der Waals surface area contributed by atoms with Crippen LogP contribution in [0.3, 0.4) is 0 Å². The molecule has 0 saturated heterocycles. The number of aliphatic carboxylic acids is 1. The van der Waals surface area contributed by atoms with E-state index in [9.17, 15) is 9.59 Å². The minimum atomic E-state index is -1.58. The third-order valence-corrected chi connectivity index (χ3v) is 2.70. The lowest BCUT2D eigenvalue weighted by Crippen LogP contribution is -2.43. The Morgan fingerprint density at radius 2 is 2.17 bits per heavy atom. The number of likely N-dealkylation sites (N-methyl/N-ethyl adjacent to an activating group) is 1. The van der Waals surface area contributed by atoms with Crippen molar-refractivity contribution in [3.8, 4) is 0 Å². The Balaban J connectivity index is 2.05. The number of nitrogens with one attached hydrogen (secondary N) is 1. The molecule has 0 radical (unpaired) electrons. The molecular formula is C11H20N2O5. The summed E-state index contributed by atoms with van der Waals surface area (Å²) in [6, 6.07) is -0.426. The van der Waals surface area contributed by atoms with Crippen LogP contribution in [-0.4, -0.2) is 66.6 Å². The molecule has 7 nitrogen and oxygen atoms in total. The van der Waals surface area contributed by atoms with Gasteiger partial charge in [-0.05, 0) is 18.8 Å². The number of carboxylic acids is 1. The molecule has 0 bridgehead atoms. The van der Waals surface area contributed by atoms with E-state index in [1.165, 1.54) is 17.7 Å². The number of carbonyl (C=O) groups is 2. The second-order valence-corrected chi connectivity index (χ2v) is 4.48. The first kappa shape index (κ1) is 14.7. The standard InChI is InChI=1S/C11H20N2O5/c1-13(4-5-18-7-8-2-3-8)11(17)12-6-9(14)10(15)16/h8-9,14H,2-7H2,1H3,(H,12,17)(H,15,16). The molecule has 1 saturated carbocycles. The Hall–Kier alpha value is -1.34. The molecule has 7 heteroatoms. The Labute approximate surface area is 106 Å². The normalized spacial score (nSPS) is 16.1. The number of hydrogen-bond donors (Lipinski definition) is 3. The van der Waals surface area contributed by atoms with Crippen molar-refractivity contribution >= 4 is 12.0 Å². The van der Waals surface area contributed by atoms with Crippen molar-refractivity contribution in [3.05, 3.63) is 0 Å². The molecule has 0 aromatic heterocycles. The number of ether oxygens (including phenoxy) is 1. The van der Waals surface area contributed by atoms with E-state index in [0.29, 0.717) is 19.1 Å². The summed E-state index contributed by atoms with van der Waals surface area (Å²) in [5, 5.41) is 19.7. The summed E-state index contributed by atoms with van der Waals surface area (Å²) in [4.78, 5) is 23.2.